The summed E-state index contributed by atoms with van der Waals surface area (Å²) in [5, 5.41) is 4.63. The molecule has 1 unspecified atom stereocenters. The number of ether oxygens (including phenoxy) is 1. The molecular formula is C17H16FN3O2S. The topological polar surface area (TPSA) is 56.1 Å². The Balaban J connectivity index is 1.99. The van der Waals surface area contributed by atoms with Gasteiger partial charge in [0.25, 0.3) is 5.91 Å². The van der Waals surface area contributed by atoms with Crippen molar-refractivity contribution in [3.05, 3.63) is 70.2 Å². The van der Waals surface area contributed by atoms with Gasteiger partial charge < -0.3 is 14.6 Å². The Kier molecular flexibility index (Phi) is 4.61. The fraction of sp³-hybridized carbons (Fsp3) is 0.176. The number of benzene rings is 1. The second-order valence-corrected chi connectivity index (χ2v) is 6.06. The lowest BCUT2D eigenvalue weighted by Crippen LogP contribution is -2.31. The third-order valence-corrected chi connectivity index (χ3v) is 4.56. The van der Waals surface area contributed by atoms with Crippen LogP contribution < -0.4 is 10.1 Å². The van der Waals surface area contributed by atoms with Crippen LogP contribution in [0.1, 0.15) is 27.1 Å². The van der Waals surface area contributed by atoms with Gasteiger partial charge in [0.1, 0.15) is 28.3 Å². The first kappa shape index (κ1) is 16.2. The minimum absolute atomic E-state index is 0.335. The molecule has 0 saturated carbocycles. The lowest BCUT2D eigenvalue weighted by atomic mass is 10.1. The molecule has 3 aromatic rings. The molecule has 2 heterocycles. The predicted octanol–water partition coefficient (Wildman–Crippen LogP) is 3.15. The molecule has 5 nitrogen and oxygen atoms in total. The second kappa shape index (κ2) is 6.84. The number of thiophene rings is 1. The van der Waals surface area contributed by atoms with E-state index in [2.05, 4.69) is 10.3 Å². The second-order valence-electron chi connectivity index (χ2n) is 5.14. The molecule has 0 aliphatic rings. The van der Waals surface area contributed by atoms with Crippen molar-refractivity contribution in [3.8, 4) is 5.75 Å². The molecule has 0 bridgehead atoms. The summed E-state index contributed by atoms with van der Waals surface area (Å²) in [6.07, 6.45) is 3.36. The van der Waals surface area contributed by atoms with Crippen molar-refractivity contribution in [3.63, 3.8) is 0 Å². The average molecular weight is 345 g/mol. The number of aromatic nitrogens is 2. The number of hydrogen-bond acceptors (Lipinski definition) is 4. The van der Waals surface area contributed by atoms with Gasteiger partial charge in [0.05, 0.1) is 7.11 Å². The minimum atomic E-state index is -0.703. The van der Waals surface area contributed by atoms with Crippen LogP contribution in [0.4, 0.5) is 4.39 Å². The van der Waals surface area contributed by atoms with Crippen LogP contribution in [0.5, 0.6) is 5.75 Å². The highest BCUT2D eigenvalue weighted by Gasteiger charge is 2.25. The zero-order valence-corrected chi connectivity index (χ0v) is 14.0. The molecule has 0 aliphatic heterocycles. The van der Waals surface area contributed by atoms with Gasteiger partial charge in [-0.05, 0) is 17.5 Å². The van der Waals surface area contributed by atoms with E-state index in [4.69, 9.17) is 4.74 Å². The summed E-state index contributed by atoms with van der Waals surface area (Å²) in [7, 11) is 3.31. The third-order valence-electron chi connectivity index (χ3n) is 3.66. The number of imidazole rings is 1. The summed E-state index contributed by atoms with van der Waals surface area (Å²) in [4.78, 5) is 17.3. The molecule has 24 heavy (non-hydrogen) atoms. The summed E-state index contributed by atoms with van der Waals surface area (Å²) >= 11 is 1.27. The number of hydrogen-bond donors (Lipinski definition) is 1. The molecule has 2 aromatic heterocycles. The largest absolute Gasteiger partial charge is 0.495 e. The fourth-order valence-corrected chi connectivity index (χ4v) is 3.23. The quantitative estimate of drug-likeness (QED) is 0.773. The fourth-order valence-electron chi connectivity index (χ4n) is 2.47. The van der Waals surface area contributed by atoms with Crippen LogP contribution in [-0.4, -0.2) is 22.6 Å². The van der Waals surface area contributed by atoms with E-state index in [1.54, 1.807) is 53.7 Å². The van der Waals surface area contributed by atoms with Crippen LogP contribution in [0.25, 0.3) is 0 Å². The number of nitrogens with zero attached hydrogens (tertiary/aromatic N) is 2. The predicted molar refractivity (Wildman–Crippen MR) is 89.8 cm³/mol. The number of carbonyl (C=O) groups excluding carboxylic acids is 1. The highest BCUT2D eigenvalue weighted by atomic mass is 32.1. The van der Waals surface area contributed by atoms with Gasteiger partial charge >= 0.3 is 0 Å². The summed E-state index contributed by atoms with van der Waals surface area (Å²) < 4.78 is 21.2. The van der Waals surface area contributed by atoms with Crippen molar-refractivity contribution in [2.75, 3.05) is 7.11 Å². The Morgan fingerprint density at radius 3 is 2.83 bits per heavy atom. The Labute approximate surface area is 142 Å². The standard InChI is InChI=1S/C17H16FN3O2S/c1-21-9-8-19-16(21)14(11-5-3-4-6-12(11)18)20-17(22)15-13(23-2)7-10-24-15/h3-10,14H,1-2H3,(H,20,22). The van der Waals surface area contributed by atoms with Crippen LogP contribution in [0.3, 0.4) is 0 Å². The first-order valence-corrected chi connectivity index (χ1v) is 8.13. The molecular weight excluding hydrogens is 329 g/mol. The van der Waals surface area contributed by atoms with E-state index in [9.17, 15) is 9.18 Å². The molecule has 0 radical (unpaired) electrons. The van der Waals surface area contributed by atoms with Gasteiger partial charge in [-0.1, -0.05) is 18.2 Å². The highest BCUT2D eigenvalue weighted by Crippen LogP contribution is 2.27. The molecule has 0 aliphatic carbocycles. The first-order valence-electron chi connectivity index (χ1n) is 7.25. The number of aryl methyl sites for hydroxylation is 1. The first-order chi connectivity index (χ1) is 11.6. The molecule has 1 aromatic carbocycles. The van der Waals surface area contributed by atoms with Crippen molar-refractivity contribution < 1.29 is 13.9 Å². The molecule has 0 saturated heterocycles. The molecule has 7 heteroatoms. The van der Waals surface area contributed by atoms with E-state index in [-0.39, 0.29) is 5.91 Å². The number of carbonyl (C=O) groups is 1. The molecule has 0 spiro atoms. The number of methoxy groups -OCH3 is 1. The van der Waals surface area contributed by atoms with Gasteiger partial charge in [-0.2, -0.15) is 0 Å². The maximum Gasteiger partial charge on any atom is 0.266 e. The normalized spacial score (nSPS) is 12.0. The summed E-state index contributed by atoms with van der Waals surface area (Å²) in [6.45, 7) is 0. The van der Waals surface area contributed by atoms with E-state index in [0.29, 0.717) is 22.0 Å². The van der Waals surface area contributed by atoms with Crippen molar-refractivity contribution in [1.29, 1.82) is 0 Å². The van der Waals surface area contributed by atoms with E-state index < -0.39 is 11.9 Å². The van der Waals surface area contributed by atoms with Gasteiger partial charge in [0.2, 0.25) is 0 Å². The van der Waals surface area contributed by atoms with E-state index >= 15 is 0 Å². The van der Waals surface area contributed by atoms with Gasteiger partial charge in [-0.3, -0.25) is 4.79 Å². The number of nitrogens with one attached hydrogen (secondary N) is 1. The zero-order valence-electron chi connectivity index (χ0n) is 13.2. The van der Waals surface area contributed by atoms with Crippen molar-refractivity contribution in [2.24, 2.45) is 7.05 Å². The van der Waals surface area contributed by atoms with Crippen LogP contribution in [0.15, 0.2) is 48.1 Å². The minimum Gasteiger partial charge on any atom is -0.495 e. The number of rotatable bonds is 5. The Bertz CT molecular complexity index is 859. The van der Waals surface area contributed by atoms with Crippen LogP contribution in [0.2, 0.25) is 0 Å². The monoisotopic (exact) mass is 345 g/mol. The number of amides is 1. The van der Waals surface area contributed by atoms with Crippen molar-refractivity contribution in [1.82, 2.24) is 14.9 Å². The molecule has 124 valence electrons. The van der Waals surface area contributed by atoms with Crippen molar-refractivity contribution in [2.45, 2.75) is 6.04 Å². The molecule has 1 N–H and O–H groups in total. The smallest absolute Gasteiger partial charge is 0.266 e. The summed E-state index contributed by atoms with van der Waals surface area (Å²) in [5.74, 6) is 0.302. The Hall–Kier alpha value is -2.67. The SMILES string of the molecule is COc1ccsc1C(=O)NC(c1ccccc1F)c1nccn1C. The van der Waals surface area contributed by atoms with Gasteiger partial charge in [0, 0.05) is 25.0 Å². The van der Waals surface area contributed by atoms with Gasteiger partial charge in [-0.25, -0.2) is 9.37 Å². The molecule has 1 amide bonds. The van der Waals surface area contributed by atoms with E-state index in [1.165, 1.54) is 24.5 Å². The summed E-state index contributed by atoms with van der Waals surface area (Å²) in [5.41, 5.74) is 0.357. The maximum absolute atomic E-state index is 14.3. The molecule has 3 rings (SSSR count). The lowest BCUT2D eigenvalue weighted by molar-refractivity contribution is 0.0942. The number of halogens is 1. The zero-order chi connectivity index (χ0) is 17.1. The van der Waals surface area contributed by atoms with E-state index in [1.807, 2.05) is 0 Å². The van der Waals surface area contributed by atoms with Crippen molar-refractivity contribution >= 4 is 17.2 Å². The Morgan fingerprint density at radius 2 is 2.17 bits per heavy atom. The van der Waals surface area contributed by atoms with Gasteiger partial charge in [-0.15, -0.1) is 11.3 Å². The molecule has 1 atom stereocenters. The highest BCUT2D eigenvalue weighted by molar-refractivity contribution is 7.12. The van der Waals surface area contributed by atoms with Crippen LogP contribution >= 0.6 is 11.3 Å². The molecule has 0 fully saturated rings. The van der Waals surface area contributed by atoms with Crippen LogP contribution in [-0.2, 0) is 7.05 Å². The maximum atomic E-state index is 14.3. The van der Waals surface area contributed by atoms with E-state index in [0.717, 1.165) is 0 Å². The van der Waals surface area contributed by atoms with Gasteiger partial charge in [0.15, 0.2) is 0 Å². The summed E-state index contributed by atoms with van der Waals surface area (Å²) in [6, 6.07) is 7.36. The Morgan fingerprint density at radius 1 is 1.38 bits per heavy atom. The lowest BCUT2D eigenvalue weighted by Gasteiger charge is -2.19. The third kappa shape index (κ3) is 3.03. The van der Waals surface area contributed by atoms with Crippen LogP contribution in [0, 0.1) is 5.82 Å². The average Bonchev–Trinajstić information content (AvgIpc) is 3.22.